The van der Waals surface area contributed by atoms with Gasteiger partial charge in [-0.25, -0.2) is 8.42 Å². The molecule has 0 aliphatic heterocycles. The van der Waals surface area contributed by atoms with E-state index in [-0.39, 0.29) is 16.8 Å². The zero-order valence-electron chi connectivity index (χ0n) is 15.0. The molecule has 0 bridgehead atoms. The van der Waals surface area contributed by atoms with Crippen molar-refractivity contribution in [2.75, 3.05) is 18.4 Å². The van der Waals surface area contributed by atoms with Gasteiger partial charge in [-0.05, 0) is 42.8 Å². The van der Waals surface area contributed by atoms with E-state index < -0.39 is 10.0 Å². The second-order valence-electron chi connectivity index (χ2n) is 5.85. The maximum absolute atomic E-state index is 12.5. The number of hydrogen-bond donors (Lipinski definition) is 2. The highest BCUT2D eigenvalue weighted by molar-refractivity contribution is 7.92. The molecule has 2 aromatic carbocycles. The first kappa shape index (κ1) is 21.0. The second kappa shape index (κ2) is 9.55. The third-order valence-corrected chi connectivity index (χ3v) is 5.25. The van der Waals surface area contributed by atoms with Crippen LogP contribution in [0.1, 0.15) is 12.5 Å². The van der Waals surface area contributed by atoms with Gasteiger partial charge in [0.25, 0.3) is 10.0 Å². The van der Waals surface area contributed by atoms with Crippen LogP contribution >= 0.6 is 11.6 Å². The fraction of sp³-hybridized carbons (Fsp3) is 0.211. The van der Waals surface area contributed by atoms with Crippen LogP contribution in [0.5, 0.6) is 0 Å². The van der Waals surface area contributed by atoms with Gasteiger partial charge in [0.1, 0.15) is 0 Å². The normalized spacial score (nSPS) is 12.7. The van der Waals surface area contributed by atoms with E-state index in [2.05, 4.69) is 10.0 Å². The van der Waals surface area contributed by atoms with Crippen LogP contribution in [-0.4, -0.2) is 34.1 Å². The Balaban J connectivity index is 2.05. The van der Waals surface area contributed by atoms with Crippen LogP contribution in [-0.2, 0) is 19.6 Å². The first-order chi connectivity index (χ1) is 12.8. The van der Waals surface area contributed by atoms with Crippen LogP contribution in [0.25, 0.3) is 6.08 Å². The molecule has 0 spiro atoms. The maximum Gasteiger partial charge on any atom is 0.261 e. The molecule has 2 rings (SSSR count). The van der Waals surface area contributed by atoms with Crippen molar-refractivity contribution in [3.8, 4) is 0 Å². The summed E-state index contributed by atoms with van der Waals surface area (Å²) in [5, 5.41) is 3.06. The molecule has 2 N–H and O–H groups in total. The van der Waals surface area contributed by atoms with Crippen molar-refractivity contribution in [3.63, 3.8) is 0 Å². The monoisotopic (exact) mass is 408 g/mol. The van der Waals surface area contributed by atoms with Crippen LogP contribution in [0, 0.1) is 0 Å². The molecule has 1 amide bonds. The number of carbonyl (C=O) groups is 1. The fourth-order valence-corrected chi connectivity index (χ4v) is 3.58. The van der Waals surface area contributed by atoms with Crippen molar-refractivity contribution >= 4 is 39.3 Å². The summed E-state index contributed by atoms with van der Waals surface area (Å²) < 4.78 is 32.3. The third-order valence-electron chi connectivity index (χ3n) is 3.54. The molecular formula is C19H21ClN2O4S. The minimum atomic E-state index is -3.76. The Labute approximate surface area is 164 Å². The molecular weight excluding hydrogens is 388 g/mol. The van der Waals surface area contributed by atoms with E-state index in [9.17, 15) is 13.2 Å². The fourth-order valence-electron chi connectivity index (χ4n) is 2.26. The summed E-state index contributed by atoms with van der Waals surface area (Å²) in [7, 11) is -2.19. The molecule has 2 aromatic rings. The maximum atomic E-state index is 12.5. The van der Waals surface area contributed by atoms with Crippen molar-refractivity contribution in [2.45, 2.75) is 17.9 Å². The molecule has 6 nitrogen and oxygen atoms in total. The summed E-state index contributed by atoms with van der Waals surface area (Å²) in [5.41, 5.74) is 1.01. The Morgan fingerprint density at radius 2 is 1.85 bits per heavy atom. The highest BCUT2D eigenvalue weighted by Crippen LogP contribution is 2.24. The molecule has 0 aromatic heterocycles. The Hall–Kier alpha value is -2.35. The lowest BCUT2D eigenvalue weighted by Gasteiger charge is -2.10. The zero-order chi connectivity index (χ0) is 19.9. The van der Waals surface area contributed by atoms with Gasteiger partial charge in [0.2, 0.25) is 5.91 Å². The van der Waals surface area contributed by atoms with E-state index in [1.807, 2.05) is 6.92 Å². The topological polar surface area (TPSA) is 84.5 Å². The average Bonchev–Trinajstić information content (AvgIpc) is 2.62. The van der Waals surface area contributed by atoms with Crippen LogP contribution in [0.2, 0.25) is 5.02 Å². The SMILES string of the molecule is COCC(C)NC(=O)/C=C/c1ccc(S(=O)(=O)Nc2ccccc2Cl)cc1. The number of anilines is 1. The minimum absolute atomic E-state index is 0.0951. The van der Waals surface area contributed by atoms with Crippen molar-refractivity contribution in [1.29, 1.82) is 0 Å². The van der Waals surface area contributed by atoms with Crippen molar-refractivity contribution < 1.29 is 17.9 Å². The molecule has 0 aliphatic rings. The van der Waals surface area contributed by atoms with E-state index in [1.165, 1.54) is 18.2 Å². The van der Waals surface area contributed by atoms with Gasteiger partial charge in [-0.1, -0.05) is 35.9 Å². The van der Waals surface area contributed by atoms with Gasteiger partial charge in [0.15, 0.2) is 0 Å². The van der Waals surface area contributed by atoms with Gasteiger partial charge in [0.05, 0.1) is 22.2 Å². The highest BCUT2D eigenvalue weighted by atomic mass is 35.5. The van der Waals surface area contributed by atoms with E-state index in [0.29, 0.717) is 22.9 Å². The van der Waals surface area contributed by atoms with Gasteiger partial charge in [0, 0.05) is 19.2 Å². The van der Waals surface area contributed by atoms with Crippen molar-refractivity contribution in [3.05, 3.63) is 65.2 Å². The molecule has 0 aliphatic carbocycles. The molecule has 27 heavy (non-hydrogen) atoms. The number of carbonyl (C=O) groups excluding carboxylic acids is 1. The number of para-hydroxylation sites is 1. The first-order valence-corrected chi connectivity index (χ1v) is 10.0. The predicted octanol–water partition coefficient (Wildman–Crippen LogP) is 3.31. The quantitative estimate of drug-likeness (QED) is 0.656. The van der Waals surface area contributed by atoms with Crippen LogP contribution in [0.3, 0.4) is 0 Å². The van der Waals surface area contributed by atoms with Crippen LogP contribution in [0.4, 0.5) is 5.69 Å². The van der Waals surface area contributed by atoms with Gasteiger partial charge in [-0.15, -0.1) is 0 Å². The lowest BCUT2D eigenvalue weighted by Crippen LogP contribution is -2.34. The first-order valence-electron chi connectivity index (χ1n) is 8.17. The summed E-state index contributed by atoms with van der Waals surface area (Å²) >= 11 is 5.99. The van der Waals surface area contributed by atoms with Gasteiger partial charge >= 0.3 is 0 Å². The average molecular weight is 409 g/mol. The summed E-state index contributed by atoms with van der Waals surface area (Å²) in [4.78, 5) is 11.9. The minimum Gasteiger partial charge on any atom is -0.383 e. The molecule has 1 unspecified atom stereocenters. The number of amides is 1. The van der Waals surface area contributed by atoms with Gasteiger partial charge in [-0.2, -0.15) is 0 Å². The molecule has 0 radical (unpaired) electrons. The number of hydrogen-bond acceptors (Lipinski definition) is 4. The van der Waals surface area contributed by atoms with Crippen molar-refractivity contribution in [1.82, 2.24) is 5.32 Å². The highest BCUT2D eigenvalue weighted by Gasteiger charge is 2.15. The Morgan fingerprint density at radius 3 is 2.48 bits per heavy atom. The Kier molecular flexibility index (Phi) is 7.41. The number of rotatable bonds is 8. The van der Waals surface area contributed by atoms with E-state index in [0.717, 1.165) is 0 Å². The number of ether oxygens (including phenoxy) is 1. The number of benzene rings is 2. The summed E-state index contributed by atoms with van der Waals surface area (Å²) in [6, 6.07) is 12.6. The molecule has 0 saturated heterocycles. The standard InChI is InChI=1S/C19H21ClN2O4S/c1-14(13-26-2)21-19(23)12-9-15-7-10-16(11-8-15)27(24,25)22-18-6-4-3-5-17(18)20/h3-12,14,22H,13H2,1-2H3,(H,21,23)/b12-9+. The van der Waals surface area contributed by atoms with Crippen LogP contribution in [0.15, 0.2) is 59.5 Å². The largest absolute Gasteiger partial charge is 0.383 e. The number of methoxy groups -OCH3 is 1. The van der Waals surface area contributed by atoms with E-state index in [1.54, 1.807) is 49.6 Å². The third kappa shape index (κ3) is 6.39. The summed E-state index contributed by atoms with van der Waals surface area (Å²) in [6.45, 7) is 2.26. The molecule has 0 saturated carbocycles. The molecule has 1 atom stereocenters. The summed E-state index contributed by atoms with van der Waals surface area (Å²) in [6.07, 6.45) is 2.99. The van der Waals surface area contributed by atoms with E-state index in [4.69, 9.17) is 16.3 Å². The Morgan fingerprint density at radius 1 is 1.19 bits per heavy atom. The summed E-state index contributed by atoms with van der Waals surface area (Å²) in [5.74, 6) is -0.253. The number of halogens is 1. The van der Waals surface area contributed by atoms with Crippen molar-refractivity contribution in [2.24, 2.45) is 0 Å². The number of nitrogens with one attached hydrogen (secondary N) is 2. The molecule has 0 fully saturated rings. The van der Waals surface area contributed by atoms with Gasteiger partial charge in [-0.3, -0.25) is 9.52 Å². The van der Waals surface area contributed by atoms with E-state index >= 15 is 0 Å². The molecule has 0 heterocycles. The second-order valence-corrected chi connectivity index (χ2v) is 7.94. The molecule has 144 valence electrons. The number of sulfonamides is 1. The lowest BCUT2D eigenvalue weighted by atomic mass is 10.2. The molecule has 8 heteroatoms. The predicted molar refractivity (Wildman–Crippen MR) is 107 cm³/mol. The zero-order valence-corrected chi connectivity index (χ0v) is 16.5. The Bertz CT molecular complexity index is 912. The smallest absolute Gasteiger partial charge is 0.261 e. The van der Waals surface area contributed by atoms with Crippen LogP contribution < -0.4 is 10.0 Å². The van der Waals surface area contributed by atoms with Gasteiger partial charge < -0.3 is 10.1 Å². The lowest BCUT2D eigenvalue weighted by molar-refractivity contribution is -0.117.